The summed E-state index contributed by atoms with van der Waals surface area (Å²) in [6.07, 6.45) is 1.81. The number of amides is 1. The lowest BCUT2D eigenvalue weighted by atomic mass is 10.2. The van der Waals surface area contributed by atoms with Crippen molar-refractivity contribution in [3.8, 4) is 5.75 Å². The van der Waals surface area contributed by atoms with E-state index in [0.717, 1.165) is 24.2 Å². The van der Waals surface area contributed by atoms with Crippen molar-refractivity contribution < 1.29 is 22.5 Å². The zero-order valence-corrected chi connectivity index (χ0v) is 15.7. The number of nitrogens with zero attached hydrogens (tertiary/aromatic N) is 2. The Morgan fingerprint density at radius 1 is 1.31 bits per heavy atom. The van der Waals surface area contributed by atoms with Crippen molar-refractivity contribution in [1.29, 1.82) is 0 Å². The van der Waals surface area contributed by atoms with Crippen molar-refractivity contribution in [2.45, 2.75) is 38.1 Å². The highest BCUT2D eigenvalue weighted by Crippen LogP contribution is 2.29. The average molecular weight is 378 g/mol. The van der Waals surface area contributed by atoms with Crippen LogP contribution in [0.2, 0.25) is 0 Å². The van der Waals surface area contributed by atoms with Crippen LogP contribution >= 0.6 is 0 Å². The third-order valence-corrected chi connectivity index (χ3v) is 5.63. The second-order valence-corrected chi connectivity index (χ2v) is 8.63. The third-order valence-electron chi connectivity index (χ3n) is 4.21. The summed E-state index contributed by atoms with van der Waals surface area (Å²) in [6.45, 7) is 2.09. The van der Waals surface area contributed by atoms with Crippen LogP contribution < -0.4 is 4.74 Å². The smallest absolute Gasteiger partial charge is 0.238 e. The lowest BCUT2D eigenvalue weighted by Gasteiger charge is -2.22. The van der Waals surface area contributed by atoms with Gasteiger partial charge in [0.05, 0.1) is 18.6 Å². The summed E-state index contributed by atoms with van der Waals surface area (Å²) in [6, 6.07) is 9.11. The van der Waals surface area contributed by atoms with Crippen LogP contribution in [0.25, 0.3) is 0 Å². The van der Waals surface area contributed by atoms with Crippen LogP contribution in [-0.4, -0.2) is 43.3 Å². The lowest BCUT2D eigenvalue weighted by molar-refractivity contribution is -0.129. The molecule has 0 aliphatic heterocycles. The number of methoxy groups -OCH3 is 1. The van der Waals surface area contributed by atoms with Crippen LogP contribution in [0, 0.1) is 6.92 Å². The predicted molar refractivity (Wildman–Crippen MR) is 95.3 cm³/mol. The van der Waals surface area contributed by atoms with Crippen LogP contribution in [0.5, 0.6) is 5.75 Å². The summed E-state index contributed by atoms with van der Waals surface area (Å²) < 4.78 is 34.7. The second kappa shape index (κ2) is 7.49. The Labute approximate surface area is 152 Å². The van der Waals surface area contributed by atoms with Gasteiger partial charge in [-0.1, -0.05) is 17.3 Å². The summed E-state index contributed by atoms with van der Waals surface area (Å²) in [5.74, 6) is 0.0931. The number of aromatic nitrogens is 1. The van der Waals surface area contributed by atoms with Crippen LogP contribution in [0.3, 0.4) is 0 Å². The van der Waals surface area contributed by atoms with Crippen molar-refractivity contribution in [3.63, 3.8) is 0 Å². The van der Waals surface area contributed by atoms with Gasteiger partial charge in [0.25, 0.3) is 0 Å². The van der Waals surface area contributed by atoms with Gasteiger partial charge in [0, 0.05) is 18.7 Å². The first-order valence-electron chi connectivity index (χ1n) is 8.41. The molecule has 8 heteroatoms. The van der Waals surface area contributed by atoms with E-state index in [1.807, 2.05) is 24.3 Å². The van der Waals surface area contributed by atoms with Crippen molar-refractivity contribution in [1.82, 2.24) is 10.1 Å². The fraction of sp³-hybridized carbons (Fsp3) is 0.444. The highest BCUT2D eigenvalue weighted by molar-refractivity contribution is 7.91. The van der Waals surface area contributed by atoms with E-state index >= 15 is 0 Å². The lowest BCUT2D eigenvalue weighted by Crippen LogP contribution is -2.37. The third kappa shape index (κ3) is 4.85. The summed E-state index contributed by atoms with van der Waals surface area (Å²) in [7, 11) is -2.01. The molecule has 1 saturated carbocycles. The molecule has 7 nitrogen and oxygen atoms in total. The van der Waals surface area contributed by atoms with Gasteiger partial charge in [-0.25, -0.2) is 8.42 Å². The fourth-order valence-corrected chi connectivity index (χ4v) is 4.00. The Morgan fingerprint density at radius 3 is 2.54 bits per heavy atom. The van der Waals surface area contributed by atoms with Gasteiger partial charge in [0.15, 0.2) is 9.84 Å². The molecule has 1 aromatic carbocycles. The molecule has 26 heavy (non-hydrogen) atoms. The van der Waals surface area contributed by atoms with E-state index in [0.29, 0.717) is 18.0 Å². The molecule has 140 valence electrons. The average Bonchev–Trinajstić information content (AvgIpc) is 3.35. The minimum atomic E-state index is -3.61. The summed E-state index contributed by atoms with van der Waals surface area (Å²) in [4.78, 5) is 14.3. The standard InChI is InChI=1S/C18H22N2O5S/c1-13-9-15(19-25-13)11-26(22,23)12-18(21)20(16-5-6-16)10-14-3-7-17(24-2)8-4-14/h3-4,7-9,16H,5-6,10-12H2,1-2H3. The number of sulfone groups is 1. The Morgan fingerprint density at radius 2 is 2.00 bits per heavy atom. The largest absolute Gasteiger partial charge is 0.497 e. The molecule has 1 amide bonds. The molecule has 2 aromatic rings. The molecule has 1 fully saturated rings. The molecule has 3 rings (SSSR count). The van der Waals surface area contributed by atoms with Gasteiger partial charge in [-0.15, -0.1) is 0 Å². The number of carbonyl (C=O) groups excluding carboxylic acids is 1. The Kier molecular flexibility index (Phi) is 5.31. The number of hydrogen-bond donors (Lipinski definition) is 0. The van der Waals surface area contributed by atoms with E-state index in [2.05, 4.69) is 5.16 Å². The Hall–Kier alpha value is -2.35. The molecule has 0 N–H and O–H groups in total. The van der Waals surface area contributed by atoms with Gasteiger partial charge < -0.3 is 14.2 Å². The van der Waals surface area contributed by atoms with Crippen molar-refractivity contribution in [3.05, 3.63) is 47.3 Å². The van der Waals surface area contributed by atoms with E-state index in [1.165, 1.54) is 0 Å². The number of carbonyl (C=O) groups is 1. The summed E-state index contributed by atoms with van der Waals surface area (Å²) in [5, 5.41) is 3.69. The molecule has 0 bridgehead atoms. The number of benzene rings is 1. The van der Waals surface area contributed by atoms with Crippen LogP contribution in [-0.2, 0) is 26.9 Å². The number of hydrogen-bond acceptors (Lipinski definition) is 6. The van der Waals surface area contributed by atoms with E-state index in [9.17, 15) is 13.2 Å². The molecule has 1 aliphatic carbocycles. The Balaban J connectivity index is 1.66. The van der Waals surface area contributed by atoms with Gasteiger partial charge in [-0.05, 0) is 37.5 Å². The van der Waals surface area contributed by atoms with Crippen LogP contribution in [0.4, 0.5) is 0 Å². The predicted octanol–water partition coefficient (Wildman–Crippen LogP) is 2.10. The van der Waals surface area contributed by atoms with Gasteiger partial charge in [-0.2, -0.15) is 0 Å². The molecule has 0 atom stereocenters. The van der Waals surface area contributed by atoms with E-state index in [-0.39, 0.29) is 17.7 Å². The van der Waals surface area contributed by atoms with E-state index < -0.39 is 15.6 Å². The zero-order valence-electron chi connectivity index (χ0n) is 14.8. The number of ether oxygens (including phenoxy) is 1. The Bertz CT molecular complexity index is 869. The molecule has 0 radical (unpaired) electrons. The van der Waals surface area contributed by atoms with Crippen molar-refractivity contribution >= 4 is 15.7 Å². The second-order valence-electron chi connectivity index (χ2n) is 6.56. The SMILES string of the molecule is COc1ccc(CN(C(=O)CS(=O)(=O)Cc2cc(C)on2)C2CC2)cc1. The maximum atomic E-state index is 12.6. The first-order valence-corrected chi connectivity index (χ1v) is 10.2. The topological polar surface area (TPSA) is 89.7 Å². The maximum Gasteiger partial charge on any atom is 0.238 e. The van der Waals surface area contributed by atoms with Gasteiger partial charge in [-0.3, -0.25) is 4.79 Å². The molecule has 1 heterocycles. The summed E-state index contributed by atoms with van der Waals surface area (Å²) in [5.41, 5.74) is 1.26. The molecular formula is C18H22N2O5S. The molecule has 1 aromatic heterocycles. The molecule has 0 saturated heterocycles. The van der Waals surface area contributed by atoms with Gasteiger partial charge in [0.2, 0.25) is 5.91 Å². The van der Waals surface area contributed by atoms with Gasteiger partial charge >= 0.3 is 0 Å². The highest BCUT2D eigenvalue weighted by atomic mass is 32.2. The van der Waals surface area contributed by atoms with Crippen molar-refractivity contribution in [2.75, 3.05) is 12.9 Å². The number of aryl methyl sites for hydroxylation is 1. The van der Waals surface area contributed by atoms with Crippen LogP contribution in [0.1, 0.15) is 29.9 Å². The molecule has 1 aliphatic rings. The number of rotatable bonds is 8. The highest BCUT2D eigenvalue weighted by Gasteiger charge is 2.34. The molecule has 0 unspecified atom stereocenters. The first-order chi connectivity index (χ1) is 12.4. The maximum absolute atomic E-state index is 12.6. The summed E-state index contributed by atoms with van der Waals surface area (Å²) >= 11 is 0. The first kappa shape index (κ1) is 18.4. The minimum absolute atomic E-state index is 0.120. The monoisotopic (exact) mass is 378 g/mol. The van der Waals surface area contributed by atoms with Crippen LogP contribution in [0.15, 0.2) is 34.9 Å². The normalized spacial score (nSPS) is 14.2. The minimum Gasteiger partial charge on any atom is -0.497 e. The molecular weight excluding hydrogens is 356 g/mol. The molecule has 0 spiro atoms. The van der Waals surface area contributed by atoms with Crippen molar-refractivity contribution in [2.24, 2.45) is 0 Å². The van der Waals surface area contributed by atoms with E-state index in [1.54, 1.807) is 25.0 Å². The van der Waals surface area contributed by atoms with Gasteiger partial charge in [0.1, 0.15) is 17.3 Å². The quantitative estimate of drug-likeness (QED) is 0.699. The fourth-order valence-electron chi connectivity index (χ4n) is 2.77. The zero-order chi connectivity index (χ0) is 18.7. The van der Waals surface area contributed by atoms with E-state index in [4.69, 9.17) is 9.26 Å².